The van der Waals surface area contributed by atoms with Crippen LogP contribution in [0.1, 0.15) is 24.8 Å². The Morgan fingerprint density at radius 1 is 1.00 bits per heavy atom. The molecule has 0 N–H and O–H groups in total. The number of benzene rings is 1. The number of hydrogen-bond acceptors (Lipinski definition) is 5. The van der Waals surface area contributed by atoms with Crippen LogP contribution in [0.15, 0.2) is 24.3 Å². The van der Waals surface area contributed by atoms with Crippen molar-refractivity contribution in [2.24, 2.45) is 0 Å². The Kier molecular flexibility index (Phi) is 9.03. The van der Waals surface area contributed by atoms with Crippen molar-refractivity contribution in [1.29, 1.82) is 0 Å². The van der Waals surface area contributed by atoms with E-state index in [1.165, 1.54) is 12.0 Å². The van der Waals surface area contributed by atoms with E-state index in [1.807, 2.05) is 31.2 Å². The van der Waals surface area contributed by atoms with E-state index in [9.17, 15) is 0 Å². The quantitative estimate of drug-likeness (QED) is 0.586. The molecule has 1 aliphatic heterocycles. The third-order valence-corrected chi connectivity index (χ3v) is 3.53. The van der Waals surface area contributed by atoms with Crippen LogP contribution in [0.3, 0.4) is 0 Å². The van der Waals surface area contributed by atoms with Crippen LogP contribution in [0.25, 0.3) is 0 Å². The van der Waals surface area contributed by atoms with Gasteiger partial charge in [-0.25, -0.2) is 0 Å². The number of ether oxygens (including phenoxy) is 5. The lowest BCUT2D eigenvalue weighted by molar-refractivity contribution is -0.169. The Bertz CT molecular complexity index is 418. The molecule has 1 unspecified atom stereocenters. The van der Waals surface area contributed by atoms with Crippen LogP contribution >= 0.6 is 0 Å². The fourth-order valence-corrected chi connectivity index (χ4v) is 2.33. The molecule has 0 amide bonds. The minimum Gasteiger partial charge on any atom is -0.491 e. The Morgan fingerprint density at radius 2 is 1.78 bits per heavy atom. The van der Waals surface area contributed by atoms with Gasteiger partial charge in [0.1, 0.15) is 12.4 Å². The van der Waals surface area contributed by atoms with Crippen LogP contribution in [-0.4, -0.2) is 52.5 Å². The molecule has 1 heterocycles. The highest BCUT2D eigenvalue weighted by molar-refractivity contribution is 5.27. The molecule has 2 rings (SSSR count). The smallest absolute Gasteiger partial charge is 0.157 e. The largest absolute Gasteiger partial charge is 0.491 e. The van der Waals surface area contributed by atoms with Gasteiger partial charge in [-0.2, -0.15) is 0 Å². The van der Waals surface area contributed by atoms with E-state index in [2.05, 4.69) is 0 Å². The van der Waals surface area contributed by atoms with Crippen molar-refractivity contribution in [2.45, 2.75) is 32.5 Å². The highest BCUT2D eigenvalue weighted by atomic mass is 16.7. The zero-order valence-corrected chi connectivity index (χ0v) is 14.0. The van der Waals surface area contributed by atoms with Gasteiger partial charge >= 0.3 is 0 Å². The molecule has 0 spiro atoms. The fraction of sp³-hybridized carbons (Fsp3) is 0.667. The third-order valence-electron chi connectivity index (χ3n) is 3.53. The average molecular weight is 324 g/mol. The summed E-state index contributed by atoms with van der Waals surface area (Å²) < 4.78 is 27.6. The predicted octanol–water partition coefficient (Wildman–Crippen LogP) is 2.95. The number of hydrogen-bond donors (Lipinski definition) is 0. The summed E-state index contributed by atoms with van der Waals surface area (Å²) in [5, 5.41) is 0. The molecule has 130 valence electrons. The highest BCUT2D eigenvalue weighted by Crippen LogP contribution is 2.13. The SMILES string of the molecule is Cc1cccc(OCCOCCOCCOC2CCCCO2)c1. The van der Waals surface area contributed by atoms with Crippen LogP contribution in [-0.2, 0) is 18.9 Å². The van der Waals surface area contributed by atoms with Crippen LogP contribution in [0.5, 0.6) is 5.75 Å². The lowest BCUT2D eigenvalue weighted by atomic mass is 10.2. The molecule has 1 atom stereocenters. The van der Waals surface area contributed by atoms with E-state index in [4.69, 9.17) is 23.7 Å². The molecular formula is C18H28O5. The van der Waals surface area contributed by atoms with Crippen LogP contribution in [0, 0.1) is 6.92 Å². The first-order valence-electron chi connectivity index (χ1n) is 8.43. The maximum Gasteiger partial charge on any atom is 0.157 e. The summed E-state index contributed by atoms with van der Waals surface area (Å²) in [5.41, 5.74) is 1.19. The first-order chi connectivity index (χ1) is 11.3. The topological polar surface area (TPSA) is 46.2 Å². The first kappa shape index (κ1) is 18.2. The summed E-state index contributed by atoms with van der Waals surface area (Å²) in [6, 6.07) is 8.00. The molecule has 1 aromatic carbocycles. The predicted molar refractivity (Wildman–Crippen MR) is 87.9 cm³/mol. The Hall–Kier alpha value is -1.14. The minimum absolute atomic E-state index is 0.0395. The minimum atomic E-state index is -0.0395. The third kappa shape index (κ3) is 8.32. The molecule has 1 fully saturated rings. The molecule has 1 aromatic rings. The van der Waals surface area contributed by atoms with Gasteiger partial charge in [-0.3, -0.25) is 0 Å². The molecule has 5 nitrogen and oxygen atoms in total. The molecule has 0 saturated carbocycles. The molecule has 0 radical (unpaired) electrons. The maximum atomic E-state index is 5.60. The second kappa shape index (κ2) is 11.4. The van der Waals surface area contributed by atoms with Gasteiger partial charge < -0.3 is 23.7 Å². The zero-order valence-electron chi connectivity index (χ0n) is 14.0. The van der Waals surface area contributed by atoms with Crippen molar-refractivity contribution in [3.63, 3.8) is 0 Å². The molecule has 1 saturated heterocycles. The lowest BCUT2D eigenvalue weighted by Crippen LogP contribution is -2.24. The van der Waals surface area contributed by atoms with Crippen LogP contribution in [0.4, 0.5) is 0 Å². The summed E-state index contributed by atoms with van der Waals surface area (Å²) in [6.45, 7) is 6.24. The van der Waals surface area contributed by atoms with Crippen molar-refractivity contribution in [3.05, 3.63) is 29.8 Å². The van der Waals surface area contributed by atoms with E-state index in [0.29, 0.717) is 39.6 Å². The second-order valence-corrected chi connectivity index (χ2v) is 5.56. The van der Waals surface area contributed by atoms with Gasteiger partial charge in [0.25, 0.3) is 0 Å². The average Bonchev–Trinajstić information content (AvgIpc) is 2.57. The van der Waals surface area contributed by atoms with E-state index >= 15 is 0 Å². The van der Waals surface area contributed by atoms with Gasteiger partial charge in [-0.15, -0.1) is 0 Å². The molecular weight excluding hydrogens is 296 g/mol. The standard InChI is InChI=1S/C18H28O5/c1-16-5-4-6-17(15-16)21-13-11-19-9-10-20-12-14-23-18-7-2-3-8-22-18/h4-6,15,18H,2-3,7-14H2,1H3. The summed E-state index contributed by atoms with van der Waals surface area (Å²) in [5.74, 6) is 0.881. The normalized spacial score (nSPS) is 18.0. The van der Waals surface area contributed by atoms with Gasteiger partial charge in [0.15, 0.2) is 6.29 Å². The monoisotopic (exact) mass is 324 g/mol. The molecule has 0 bridgehead atoms. The summed E-state index contributed by atoms with van der Waals surface area (Å²) in [7, 11) is 0. The van der Waals surface area contributed by atoms with Crippen LogP contribution in [0.2, 0.25) is 0 Å². The van der Waals surface area contributed by atoms with Crippen LogP contribution < -0.4 is 4.74 Å². The van der Waals surface area contributed by atoms with Gasteiger partial charge in [-0.05, 0) is 43.9 Å². The summed E-state index contributed by atoms with van der Waals surface area (Å²) >= 11 is 0. The first-order valence-corrected chi connectivity index (χ1v) is 8.43. The maximum absolute atomic E-state index is 5.60. The van der Waals surface area contributed by atoms with E-state index in [0.717, 1.165) is 25.2 Å². The Labute approximate surface area is 138 Å². The van der Waals surface area contributed by atoms with Gasteiger partial charge in [-0.1, -0.05) is 12.1 Å². The molecule has 1 aliphatic rings. The zero-order chi connectivity index (χ0) is 16.2. The van der Waals surface area contributed by atoms with Crippen molar-refractivity contribution < 1.29 is 23.7 Å². The van der Waals surface area contributed by atoms with Crippen molar-refractivity contribution in [2.75, 3.05) is 46.2 Å². The van der Waals surface area contributed by atoms with Crippen molar-refractivity contribution >= 4 is 0 Å². The van der Waals surface area contributed by atoms with Gasteiger partial charge in [0, 0.05) is 6.61 Å². The second-order valence-electron chi connectivity index (χ2n) is 5.56. The van der Waals surface area contributed by atoms with E-state index in [-0.39, 0.29) is 6.29 Å². The fourth-order valence-electron chi connectivity index (χ4n) is 2.33. The van der Waals surface area contributed by atoms with E-state index < -0.39 is 0 Å². The van der Waals surface area contributed by atoms with E-state index in [1.54, 1.807) is 0 Å². The number of aryl methyl sites for hydroxylation is 1. The Morgan fingerprint density at radius 3 is 2.52 bits per heavy atom. The highest BCUT2D eigenvalue weighted by Gasteiger charge is 2.13. The number of rotatable bonds is 11. The molecule has 23 heavy (non-hydrogen) atoms. The summed E-state index contributed by atoms with van der Waals surface area (Å²) in [4.78, 5) is 0. The molecule has 0 aromatic heterocycles. The van der Waals surface area contributed by atoms with Crippen molar-refractivity contribution in [1.82, 2.24) is 0 Å². The van der Waals surface area contributed by atoms with Gasteiger partial charge in [0.2, 0.25) is 0 Å². The molecule has 5 heteroatoms. The Balaban J connectivity index is 1.35. The van der Waals surface area contributed by atoms with Crippen molar-refractivity contribution in [3.8, 4) is 5.75 Å². The molecule has 0 aliphatic carbocycles. The summed E-state index contributed by atoms with van der Waals surface area (Å²) in [6.07, 6.45) is 3.28. The van der Waals surface area contributed by atoms with Gasteiger partial charge in [0.05, 0.1) is 33.0 Å². The lowest BCUT2D eigenvalue weighted by Gasteiger charge is -2.22.